The molecule has 4 heteroatoms. The summed E-state index contributed by atoms with van der Waals surface area (Å²) in [5.41, 5.74) is 2.83. The Balaban J connectivity index is 0.00000122. The smallest absolute Gasteiger partial charge is 0.112 e. The quantitative estimate of drug-likeness (QED) is 0.143. The molecule has 2 heterocycles. The molecule has 0 radical (unpaired) electrons. The number of fused-ring (bicyclic) bond motifs is 4. The fourth-order valence-corrected chi connectivity index (χ4v) is 6.89. The van der Waals surface area contributed by atoms with Crippen LogP contribution in [0.25, 0.3) is 0 Å². The predicted molar refractivity (Wildman–Crippen MR) is 180 cm³/mol. The van der Waals surface area contributed by atoms with E-state index in [1.165, 1.54) is 30.4 Å². The Kier molecular flexibility index (Phi) is 16.6. The van der Waals surface area contributed by atoms with Crippen LogP contribution in [0.15, 0.2) is 73.1 Å². The van der Waals surface area contributed by atoms with Gasteiger partial charge in [0.05, 0.1) is 18.2 Å². The van der Waals surface area contributed by atoms with Crippen LogP contribution in [0.1, 0.15) is 86.5 Å². The average molecular weight is 572 g/mol. The Morgan fingerprint density at radius 2 is 1.90 bits per heavy atom. The maximum absolute atomic E-state index is 6.46. The van der Waals surface area contributed by atoms with Gasteiger partial charge in [0.15, 0.2) is 0 Å². The van der Waals surface area contributed by atoms with Gasteiger partial charge in [-0.15, -0.1) is 6.58 Å². The molecule has 2 aliphatic heterocycles. The summed E-state index contributed by atoms with van der Waals surface area (Å²) >= 11 is 1.75. The zero-order valence-electron chi connectivity index (χ0n) is 27.4. The van der Waals surface area contributed by atoms with Crippen molar-refractivity contribution in [2.24, 2.45) is 23.2 Å². The zero-order chi connectivity index (χ0) is 30.3. The van der Waals surface area contributed by atoms with E-state index in [1.807, 2.05) is 32.6 Å². The van der Waals surface area contributed by atoms with Gasteiger partial charge < -0.3 is 14.8 Å². The summed E-state index contributed by atoms with van der Waals surface area (Å²) in [6.45, 7) is 25.5. The summed E-state index contributed by atoms with van der Waals surface area (Å²) in [6, 6.07) is 0.538. The molecule has 6 atom stereocenters. The van der Waals surface area contributed by atoms with Crippen LogP contribution in [0.2, 0.25) is 0 Å². The molecule has 3 rings (SSSR count). The number of thioether (sulfide) groups is 1. The summed E-state index contributed by atoms with van der Waals surface area (Å²) in [6.07, 6.45) is 25.0. The molecule has 3 nitrogen and oxygen atoms in total. The molecule has 0 aromatic carbocycles. The molecule has 0 saturated carbocycles. The highest BCUT2D eigenvalue weighted by Gasteiger charge is 2.64. The number of allylic oxidation sites excluding steroid dienone is 8. The molecule has 3 aliphatic rings. The van der Waals surface area contributed by atoms with Crippen molar-refractivity contribution >= 4 is 11.8 Å². The third-order valence-electron chi connectivity index (χ3n) is 9.05. The normalized spacial score (nSPS) is 29.8. The monoisotopic (exact) mass is 571 g/mol. The van der Waals surface area contributed by atoms with Crippen LogP contribution in [-0.4, -0.2) is 43.9 Å². The van der Waals surface area contributed by atoms with Gasteiger partial charge in [0.1, 0.15) is 5.76 Å². The SMILES string of the molecule is C=C/C=C/C(CCC/C(C)=C/C(=C)OCC12CCC(C)=CC1CC1CC(OC)C2(C)N1)C(C)C.C=CC.CSC. The van der Waals surface area contributed by atoms with Crippen molar-refractivity contribution in [3.8, 4) is 0 Å². The first kappa shape index (κ1) is 36.5. The summed E-state index contributed by atoms with van der Waals surface area (Å²) in [5, 5.41) is 3.96. The van der Waals surface area contributed by atoms with Crippen molar-refractivity contribution in [2.75, 3.05) is 26.2 Å². The van der Waals surface area contributed by atoms with Gasteiger partial charge in [-0.05, 0) is 109 Å². The van der Waals surface area contributed by atoms with E-state index in [-0.39, 0.29) is 17.1 Å². The summed E-state index contributed by atoms with van der Waals surface area (Å²) in [7, 11) is 1.87. The molecule has 0 spiro atoms. The van der Waals surface area contributed by atoms with Crippen LogP contribution in [0.5, 0.6) is 0 Å². The van der Waals surface area contributed by atoms with Crippen molar-refractivity contribution in [1.29, 1.82) is 0 Å². The highest BCUT2D eigenvalue weighted by molar-refractivity contribution is 7.97. The van der Waals surface area contributed by atoms with Gasteiger partial charge in [-0.3, -0.25) is 0 Å². The topological polar surface area (TPSA) is 30.5 Å². The summed E-state index contributed by atoms with van der Waals surface area (Å²) in [5.74, 6) is 2.58. The van der Waals surface area contributed by atoms with Gasteiger partial charge >= 0.3 is 0 Å². The molecule has 0 amide bonds. The zero-order valence-corrected chi connectivity index (χ0v) is 28.2. The molecule has 1 aliphatic carbocycles. The molecule has 1 N–H and O–H groups in total. The van der Waals surface area contributed by atoms with Crippen LogP contribution in [0.3, 0.4) is 0 Å². The average Bonchev–Trinajstić information content (AvgIpc) is 3.18. The molecule has 228 valence electrons. The van der Waals surface area contributed by atoms with Gasteiger partial charge in [0, 0.05) is 18.6 Å². The van der Waals surface area contributed by atoms with Crippen LogP contribution in [0.4, 0.5) is 0 Å². The molecular weight excluding hydrogens is 510 g/mol. The lowest BCUT2D eigenvalue weighted by molar-refractivity contribution is -0.0923. The van der Waals surface area contributed by atoms with Gasteiger partial charge in [0.2, 0.25) is 0 Å². The molecule has 2 fully saturated rings. The van der Waals surface area contributed by atoms with Gasteiger partial charge in [-0.1, -0.05) is 68.5 Å². The minimum absolute atomic E-state index is 0.0346. The van der Waals surface area contributed by atoms with Crippen LogP contribution >= 0.6 is 11.8 Å². The third kappa shape index (κ3) is 9.81. The van der Waals surface area contributed by atoms with Crippen molar-refractivity contribution in [3.63, 3.8) is 0 Å². The van der Waals surface area contributed by atoms with Crippen LogP contribution < -0.4 is 5.32 Å². The number of hydrogen-bond acceptors (Lipinski definition) is 4. The first-order valence-corrected chi connectivity index (χ1v) is 16.8. The fraction of sp³-hybridized carbons (Fsp3) is 0.667. The van der Waals surface area contributed by atoms with Crippen molar-refractivity contribution < 1.29 is 9.47 Å². The lowest BCUT2D eigenvalue weighted by Crippen LogP contribution is -2.67. The molecule has 6 unspecified atom stereocenters. The van der Waals surface area contributed by atoms with E-state index in [4.69, 9.17) is 9.47 Å². The van der Waals surface area contributed by atoms with Crippen LogP contribution in [0, 0.1) is 23.2 Å². The first-order chi connectivity index (χ1) is 19.0. The van der Waals surface area contributed by atoms with Crippen LogP contribution in [-0.2, 0) is 9.47 Å². The number of nitrogens with one attached hydrogen (secondary N) is 1. The van der Waals surface area contributed by atoms with E-state index in [0.29, 0.717) is 30.4 Å². The number of ether oxygens (including phenoxy) is 2. The Bertz CT molecular complexity index is 887. The second-order valence-electron chi connectivity index (χ2n) is 12.5. The third-order valence-corrected chi connectivity index (χ3v) is 9.05. The number of methoxy groups -OCH3 is 1. The van der Waals surface area contributed by atoms with E-state index in [0.717, 1.165) is 31.4 Å². The minimum atomic E-state index is -0.0730. The van der Waals surface area contributed by atoms with Crippen molar-refractivity contribution in [1.82, 2.24) is 5.32 Å². The summed E-state index contributed by atoms with van der Waals surface area (Å²) in [4.78, 5) is 0. The van der Waals surface area contributed by atoms with E-state index in [1.54, 1.807) is 17.8 Å². The van der Waals surface area contributed by atoms with Gasteiger partial charge in [-0.25, -0.2) is 0 Å². The maximum atomic E-state index is 6.46. The standard InChI is InChI=1S/C31H49NO2.C3H6.C2H6S/c1-9-10-13-26(22(2)3)14-11-12-23(4)17-25(6)34-21-31-16-15-24(5)18-27(31)19-28-20-29(33-8)30(31,7)32-28;2*1-3-2/h9-10,13,17-18,22,26-29,32H,1,6,11-12,14-16,19-21H2,2-5,7-8H3;3H,1H2,2H3;1-2H3/b13-10+,23-17+;;. The first-order valence-electron chi connectivity index (χ1n) is 15.2. The lowest BCUT2D eigenvalue weighted by Gasteiger charge is -2.57. The van der Waals surface area contributed by atoms with E-state index >= 15 is 0 Å². The van der Waals surface area contributed by atoms with E-state index in [9.17, 15) is 0 Å². The maximum Gasteiger partial charge on any atom is 0.112 e. The highest BCUT2D eigenvalue weighted by Crippen LogP contribution is 2.58. The van der Waals surface area contributed by atoms with Gasteiger partial charge in [0.25, 0.3) is 0 Å². The summed E-state index contributed by atoms with van der Waals surface area (Å²) < 4.78 is 12.5. The Morgan fingerprint density at radius 3 is 2.48 bits per heavy atom. The van der Waals surface area contributed by atoms with Crippen molar-refractivity contribution in [3.05, 3.63) is 73.1 Å². The Hall–Kier alpha value is -1.49. The highest BCUT2D eigenvalue weighted by atomic mass is 32.2. The molecule has 0 aromatic rings. The number of piperidine rings is 1. The Morgan fingerprint density at radius 1 is 1.25 bits per heavy atom. The molecule has 40 heavy (non-hydrogen) atoms. The van der Waals surface area contributed by atoms with E-state index in [2.05, 4.69) is 84.0 Å². The second kappa shape index (κ2) is 18.1. The fourth-order valence-electron chi connectivity index (χ4n) is 6.89. The minimum Gasteiger partial charge on any atom is -0.494 e. The van der Waals surface area contributed by atoms with Gasteiger partial charge in [-0.2, -0.15) is 11.8 Å². The number of rotatable bonds is 12. The molecule has 2 bridgehead atoms. The predicted octanol–water partition coefficient (Wildman–Crippen LogP) is 9.70. The molecule has 0 aromatic heterocycles. The lowest BCUT2D eigenvalue weighted by atomic mass is 9.55. The molecule has 2 saturated heterocycles. The Labute approximate surface area is 252 Å². The molecular formula is C36H61NO2S. The largest absolute Gasteiger partial charge is 0.494 e. The number of hydrogen-bond donors (Lipinski definition) is 1. The van der Waals surface area contributed by atoms with Crippen molar-refractivity contribution in [2.45, 2.75) is 104 Å². The van der Waals surface area contributed by atoms with E-state index < -0.39 is 0 Å². The second-order valence-corrected chi connectivity index (χ2v) is 13.3.